The maximum absolute atomic E-state index is 4.41. The van der Waals surface area contributed by atoms with Crippen LogP contribution in [0, 0.1) is 29.7 Å². The van der Waals surface area contributed by atoms with Gasteiger partial charge in [-0.15, -0.1) is 0 Å². The minimum Gasteiger partial charge on any atom is -0.358 e. The molecule has 4 aromatic rings. The van der Waals surface area contributed by atoms with Crippen LogP contribution in [-0.4, -0.2) is 29.9 Å². The zero-order valence-corrected chi connectivity index (χ0v) is 42.3. The van der Waals surface area contributed by atoms with Crippen LogP contribution in [0.15, 0.2) is 86.0 Å². The van der Waals surface area contributed by atoms with Crippen LogP contribution in [0.4, 0.5) is 0 Å². The molecule has 0 amide bonds. The van der Waals surface area contributed by atoms with E-state index in [1.165, 1.54) is 37.1 Å². The summed E-state index contributed by atoms with van der Waals surface area (Å²) in [5.74, 6) is 0. The van der Waals surface area contributed by atoms with Gasteiger partial charge in [0.1, 0.15) is 0 Å². The fourth-order valence-corrected chi connectivity index (χ4v) is 2.28. The topological polar surface area (TPSA) is 77.3 Å². The Morgan fingerprint density at radius 1 is 0.333 bits per heavy atom. The van der Waals surface area contributed by atoms with Gasteiger partial charge in [-0.2, -0.15) is 0 Å². The first-order valence-electron chi connectivity index (χ1n) is 16.7. The molecule has 332 valence electrons. The summed E-state index contributed by atoms with van der Waals surface area (Å²) in [6.45, 7) is 25.4. The van der Waals surface area contributed by atoms with Gasteiger partial charge in [0.15, 0.2) is 0 Å². The average Bonchev–Trinajstić information content (AvgIpc) is 3.08. The number of nitrogens with zero attached hydrogens (tertiary/aromatic N) is 6. The predicted molar refractivity (Wildman–Crippen MR) is 233 cm³/mol. The van der Waals surface area contributed by atoms with E-state index in [0.717, 1.165) is 37.1 Å². The monoisotopic (exact) mass is 1110 g/mol. The van der Waals surface area contributed by atoms with Crippen LogP contribution in [0.5, 0.6) is 0 Å². The molecule has 0 aromatic carbocycles. The molecule has 0 aliphatic heterocycles. The van der Waals surface area contributed by atoms with Gasteiger partial charge in [-0.25, -0.2) is 0 Å². The third-order valence-corrected chi connectivity index (χ3v) is 4.09. The number of hydrogen-bond donors (Lipinski definition) is 0. The fraction of sp³-hybridized carbons (Fsp3) is 0.500. The normalized spacial score (nSPS) is 6.74. The van der Waals surface area contributed by atoms with E-state index in [1.807, 2.05) is 30.6 Å². The molecular weight excluding hydrogens is 1020 g/mol. The van der Waals surface area contributed by atoms with E-state index < -0.39 is 0 Å². The van der Waals surface area contributed by atoms with Crippen LogP contribution in [-0.2, 0) is 104 Å². The van der Waals surface area contributed by atoms with Crippen molar-refractivity contribution in [2.24, 2.45) is 0 Å². The minimum absolute atomic E-state index is 0. The Hall–Kier alpha value is -1.05. The summed E-state index contributed by atoms with van der Waals surface area (Å²) in [5.41, 5.74) is 4.55. The molecule has 4 rings (SSSR count). The molecule has 0 spiro atoms. The van der Waals surface area contributed by atoms with Crippen molar-refractivity contribution in [2.45, 2.75) is 149 Å². The Labute approximate surface area is 392 Å². The molecule has 4 aromatic heterocycles. The summed E-state index contributed by atoms with van der Waals surface area (Å²) < 4.78 is 0. The standard InChI is InChI=1S/C9H13N.C8H12N2.C5H5N.C4H4N2.4C3H8.2CH4.4CH3.4Rh/c1-3-8-6-5-7-9(4-2)10-8;1-3-7-5-9-6-8(4-2)10-7;1-2-4-6-5-3-1;1-2-6-4-3-5-1;4*1-3-2;;;;;;;;;;/h5-7H,3-4H2,1-2H3;5-6H,3-4H2,1-2H3;1-5H;1-4H;4*3H2,1-2H3;2*1H4;4*1H3;;;;/q;;;;;;;;;;4*-1;;;;. The molecule has 4 radical (unpaired) electrons. The molecule has 0 saturated heterocycles. The molecule has 0 saturated carbocycles. The van der Waals surface area contributed by atoms with Crippen molar-refractivity contribution >= 4 is 0 Å². The summed E-state index contributed by atoms with van der Waals surface area (Å²) in [6.07, 6.45) is 22.7. The SMILES string of the molecule is C.C.CCC.CCC.CCC.CCC.CCc1cccc(CC)n1.CCc1cncc(CC)n1.[CH3-].[CH3-].[CH3-].[CH3-].[Rh].[Rh].[Rh].[Rh].c1ccncc1.c1cnccn1. The second kappa shape index (κ2) is 88.9. The van der Waals surface area contributed by atoms with Crippen LogP contribution in [0.3, 0.4) is 0 Å². The van der Waals surface area contributed by atoms with Gasteiger partial charge in [-0.05, 0) is 49.9 Å². The van der Waals surface area contributed by atoms with E-state index in [2.05, 4.69) is 131 Å². The Bertz CT molecular complexity index is 841. The van der Waals surface area contributed by atoms with Crippen molar-refractivity contribution in [3.63, 3.8) is 0 Å². The summed E-state index contributed by atoms with van der Waals surface area (Å²) in [5, 5.41) is 0. The van der Waals surface area contributed by atoms with Crippen LogP contribution in [0.1, 0.15) is 146 Å². The zero-order valence-electron chi connectivity index (χ0n) is 35.8. The van der Waals surface area contributed by atoms with Gasteiger partial charge in [0.2, 0.25) is 0 Å². The van der Waals surface area contributed by atoms with Crippen LogP contribution < -0.4 is 0 Å². The van der Waals surface area contributed by atoms with E-state index in [4.69, 9.17) is 0 Å². The van der Waals surface area contributed by atoms with Gasteiger partial charge in [0.25, 0.3) is 0 Å². The average molecular weight is 1110 g/mol. The Morgan fingerprint density at radius 2 is 0.574 bits per heavy atom. The van der Waals surface area contributed by atoms with Crippen molar-refractivity contribution in [3.8, 4) is 0 Å². The van der Waals surface area contributed by atoms with Gasteiger partial charge in [0.05, 0.1) is 11.4 Å². The summed E-state index contributed by atoms with van der Waals surface area (Å²) >= 11 is 0. The fourth-order valence-electron chi connectivity index (χ4n) is 2.28. The largest absolute Gasteiger partial charge is 0.358 e. The molecule has 0 N–H and O–H groups in total. The Morgan fingerprint density at radius 3 is 0.759 bits per heavy atom. The molecule has 0 fully saturated rings. The molecule has 54 heavy (non-hydrogen) atoms. The van der Waals surface area contributed by atoms with Crippen molar-refractivity contribution in [1.29, 1.82) is 0 Å². The van der Waals surface area contributed by atoms with Crippen LogP contribution in [0.2, 0.25) is 0 Å². The van der Waals surface area contributed by atoms with Gasteiger partial charge in [-0.3, -0.25) is 29.9 Å². The summed E-state index contributed by atoms with van der Waals surface area (Å²) in [6, 6.07) is 11.9. The van der Waals surface area contributed by atoms with Gasteiger partial charge in [0, 0.05) is 139 Å². The van der Waals surface area contributed by atoms with E-state index in [1.54, 1.807) is 37.2 Å². The van der Waals surface area contributed by atoms with Gasteiger partial charge in [-0.1, -0.05) is 136 Å². The van der Waals surface area contributed by atoms with Crippen molar-refractivity contribution in [3.05, 3.63) is 138 Å². The molecule has 0 atom stereocenters. The predicted octanol–water partition coefficient (Wildman–Crippen LogP) is 14.1. The van der Waals surface area contributed by atoms with Gasteiger partial charge >= 0.3 is 0 Å². The number of pyridine rings is 2. The third-order valence-electron chi connectivity index (χ3n) is 4.09. The first kappa shape index (κ1) is 94.2. The van der Waals surface area contributed by atoms with Crippen molar-refractivity contribution in [1.82, 2.24) is 29.9 Å². The molecule has 0 bridgehead atoms. The van der Waals surface area contributed by atoms with E-state index >= 15 is 0 Å². The Balaban J connectivity index is -0.0000000287. The quantitative estimate of drug-likeness (QED) is 0.150. The number of aromatic nitrogens is 6. The smallest absolute Gasteiger partial charge is 0.0587 e. The molecule has 0 aliphatic carbocycles. The Kier molecular flexibility index (Phi) is 155. The van der Waals surface area contributed by atoms with Gasteiger partial charge < -0.3 is 29.7 Å². The minimum atomic E-state index is 0. The first-order valence-corrected chi connectivity index (χ1v) is 16.7. The van der Waals surface area contributed by atoms with Crippen LogP contribution in [0.25, 0.3) is 0 Å². The molecular formula is C44H86N6Rh4-4. The van der Waals surface area contributed by atoms with E-state index in [0.29, 0.717) is 0 Å². The molecule has 6 nitrogen and oxygen atoms in total. The zero-order chi connectivity index (χ0) is 34.1. The van der Waals surface area contributed by atoms with Crippen molar-refractivity contribution in [2.75, 3.05) is 0 Å². The number of hydrogen-bond acceptors (Lipinski definition) is 6. The number of aryl methyl sites for hydroxylation is 4. The molecule has 4 heterocycles. The number of rotatable bonds is 4. The van der Waals surface area contributed by atoms with Crippen LogP contribution >= 0.6 is 0 Å². The maximum Gasteiger partial charge on any atom is 0.0587 e. The first-order chi connectivity index (χ1) is 21.4. The molecule has 0 unspecified atom stereocenters. The van der Waals surface area contributed by atoms with E-state index in [-0.39, 0.29) is 122 Å². The second-order valence-electron chi connectivity index (χ2n) is 9.28. The summed E-state index contributed by atoms with van der Waals surface area (Å²) in [7, 11) is 0. The van der Waals surface area contributed by atoms with Crippen molar-refractivity contribution < 1.29 is 77.9 Å². The molecule has 10 heteroatoms. The maximum atomic E-state index is 4.41. The van der Waals surface area contributed by atoms with E-state index in [9.17, 15) is 0 Å². The third kappa shape index (κ3) is 83.8. The second-order valence-corrected chi connectivity index (χ2v) is 9.28. The molecule has 0 aliphatic rings. The summed E-state index contributed by atoms with van der Waals surface area (Å²) in [4.78, 5) is 24.0.